The van der Waals surface area contributed by atoms with Crippen LogP contribution in [0.5, 0.6) is 5.75 Å². The molecule has 0 radical (unpaired) electrons. The van der Waals surface area contributed by atoms with E-state index >= 15 is 0 Å². The summed E-state index contributed by atoms with van der Waals surface area (Å²) in [5.41, 5.74) is 9.67. The van der Waals surface area contributed by atoms with Crippen molar-refractivity contribution in [2.24, 2.45) is 4.99 Å². The van der Waals surface area contributed by atoms with Gasteiger partial charge in [0.2, 0.25) is 0 Å². The van der Waals surface area contributed by atoms with Crippen LogP contribution in [0.2, 0.25) is 0 Å². The first-order chi connectivity index (χ1) is 20.7. The van der Waals surface area contributed by atoms with E-state index in [1.165, 1.54) is 28.0 Å². The van der Waals surface area contributed by atoms with E-state index in [9.17, 15) is 4.79 Å². The minimum absolute atomic E-state index is 0.0192. The van der Waals surface area contributed by atoms with Gasteiger partial charge in [0.25, 0.3) is 5.56 Å². The molecule has 5 nitrogen and oxygen atoms in total. The number of rotatable bonds is 4. The van der Waals surface area contributed by atoms with E-state index in [4.69, 9.17) is 9.73 Å². The number of benzene rings is 4. The second-order valence-corrected chi connectivity index (χ2v) is 11.7. The molecule has 8 rings (SSSR count). The molecule has 0 bridgehead atoms. The number of H-pyrrole nitrogens is 1. The molecule has 0 fully saturated rings. The molecule has 204 valence electrons. The Morgan fingerprint density at radius 2 is 1.67 bits per heavy atom. The van der Waals surface area contributed by atoms with Crippen molar-refractivity contribution in [2.75, 3.05) is 7.11 Å². The third-order valence-electron chi connectivity index (χ3n) is 8.38. The summed E-state index contributed by atoms with van der Waals surface area (Å²) in [5, 5.41) is 1.01. The van der Waals surface area contributed by atoms with Crippen molar-refractivity contribution in [3.05, 3.63) is 151 Å². The summed E-state index contributed by atoms with van der Waals surface area (Å²) in [5.74, 6) is 0.765. The van der Waals surface area contributed by atoms with E-state index in [0.29, 0.717) is 4.53 Å². The molecule has 2 aliphatic rings. The molecule has 3 heterocycles. The first-order valence-corrected chi connectivity index (χ1v) is 14.9. The molecule has 4 aromatic carbocycles. The molecular formula is C36H27N3O2S. The van der Waals surface area contributed by atoms with Gasteiger partial charge in [0.15, 0.2) is 4.80 Å². The maximum Gasteiger partial charge on any atom is 0.271 e. The van der Waals surface area contributed by atoms with Crippen molar-refractivity contribution in [1.29, 1.82) is 0 Å². The number of aromatic nitrogens is 2. The number of methoxy groups -OCH3 is 1. The fourth-order valence-electron chi connectivity index (χ4n) is 6.45. The Kier molecular flexibility index (Phi) is 5.83. The number of nitrogens with zero attached hydrogens (tertiary/aromatic N) is 2. The lowest BCUT2D eigenvalue weighted by atomic mass is 9.83. The zero-order chi connectivity index (χ0) is 28.2. The van der Waals surface area contributed by atoms with Crippen molar-refractivity contribution in [3.8, 4) is 17.0 Å². The van der Waals surface area contributed by atoms with Crippen LogP contribution in [0.25, 0.3) is 33.9 Å². The number of fused-ring (bicyclic) bond motifs is 4. The molecular weight excluding hydrogens is 538 g/mol. The molecule has 42 heavy (non-hydrogen) atoms. The molecule has 2 aromatic heterocycles. The van der Waals surface area contributed by atoms with Gasteiger partial charge in [0, 0.05) is 16.5 Å². The van der Waals surface area contributed by atoms with Crippen molar-refractivity contribution in [2.45, 2.75) is 18.9 Å². The van der Waals surface area contributed by atoms with Gasteiger partial charge in [0.05, 0.1) is 34.6 Å². The largest absolute Gasteiger partial charge is 0.495 e. The van der Waals surface area contributed by atoms with Crippen LogP contribution in [0.15, 0.2) is 118 Å². The smallest absolute Gasteiger partial charge is 0.271 e. The molecule has 6 heteroatoms. The second kappa shape index (κ2) is 9.86. The average molecular weight is 566 g/mol. The summed E-state index contributed by atoms with van der Waals surface area (Å²) in [6.07, 6.45) is 3.85. The maximum absolute atomic E-state index is 14.4. The minimum Gasteiger partial charge on any atom is -0.495 e. The Morgan fingerprint density at radius 3 is 2.48 bits per heavy atom. The fourth-order valence-corrected chi connectivity index (χ4v) is 7.44. The van der Waals surface area contributed by atoms with E-state index in [0.717, 1.165) is 62.4 Å². The zero-order valence-corrected chi connectivity index (χ0v) is 23.8. The van der Waals surface area contributed by atoms with Crippen molar-refractivity contribution >= 4 is 34.0 Å². The highest BCUT2D eigenvalue weighted by molar-refractivity contribution is 7.07. The predicted octanol–water partition coefficient (Wildman–Crippen LogP) is 6.48. The lowest BCUT2D eigenvalue weighted by Crippen LogP contribution is -2.38. The summed E-state index contributed by atoms with van der Waals surface area (Å²) in [4.78, 5) is 23.9. The highest BCUT2D eigenvalue weighted by Crippen LogP contribution is 2.41. The fraction of sp³-hybridized carbons (Fsp3) is 0.111. The number of hydrogen-bond acceptors (Lipinski definition) is 4. The molecule has 1 aliphatic carbocycles. The van der Waals surface area contributed by atoms with Crippen LogP contribution in [0, 0.1) is 0 Å². The van der Waals surface area contributed by atoms with Crippen molar-refractivity contribution in [1.82, 2.24) is 9.55 Å². The molecule has 6 aromatic rings. The summed E-state index contributed by atoms with van der Waals surface area (Å²) < 4.78 is 8.26. The summed E-state index contributed by atoms with van der Waals surface area (Å²) in [6.45, 7) is 0. The maximum atomic E-state index is 14.4. The average Bonchev–Trinajstić information content (AvgIpc) is 3.57. The van der Waals surface area contributed by atoms with E-state index in [2.05, 4.69) is 59.6 Å². The number of aryl methyl sites for hydroxylation is 1. The first kappa shape index (κ1) is 24.8. The quantitative estimate of drug-likeness (QED) is 0.266. The predicted molar refractivity (Wildman–Crippen MR) is 169 cm³/mol. The molecule has 0 saturated carbocycles. The monoisotopic (exact) mass is 565 g/mol. The zero-order valence-electron chi connectivity index (χ0n) is 23.0. The van der Waals surface area contributed by atoms with Gasteiger partial charge in [-0.1, -0.05) is 108 Å². The van der Waals surface area contributed by atoms with E-state index < -0.39 is 0 Å². The van der Waals surface area contributed by atoms with Gasteiger partial charge in [-0.25, -0.2) is 4.99 Å². The number of ether oxygens (including phenoxy) is 1. The second-order valence-electron chi connectivity index (χ2n) is 10.7. The summed E-state index contributed by atoms with van der Waals surface area (Å²) in [6, 6.07) is 34.9. The van der Waals surface area contributed by atoms with Gasteiger partial charge < -0.3 is 9.72 Å². The van der Waals surface area contributed by atoms with Gasteiger partial charge in [-0.3, -0.25) is 9.36 Å². The topological polar surface area (TPSA) is 59.4 Å². The van der Waals surface area contributed by atoms with Gasteiger partial charge in [-0.2, -0.15) is 0 Å². The van der Waals surface area contributed by atoms with Crippen LogP contribution in [-0.4, -0.2) is 16.7 Å². The van der Waals surface area contributed by atoms with Gasteiger partial charge in [-0.05, 0) is 47.2 Å². The van der Waals surface area contributed by atoms with Crippen molar-refractivity contribution < 1.29 is 4.74 Å². The number of aromatic amines is 1. The lowest BCUT2D eigenvalue weighted by molar-refractivity contribution is 0.419. The molecule has 1 N–H and O–H groups in total. The van der Waals surface area contributed by atoms with Crippen LogP contribution in [0.3, 0.4) is 0 Å². The first-order valence-electron chi connectivity index (χ1n) is 14.1. The molecule has 0 unspecified atom stereocenters. The number of allylic oxidation sites excluding steroid dienone is 1. The Morgan fingerprint density at radius 1 is 0.905 bits per heavy atom. The normalized spacial score (nSPS) is 16.1. The highest BCUT2D eigenvalue weighted by atomic mass is 32.1. The molecule has 0 saturated heterocycles. The number of para-hydroxylation sites is 1. The lowest BCUT2D eigenvalue weighted by Gasteiger charge is -2.30. The van der Waals surface area contributed by atoms with Gasteiger partial charge in [0.1, 0.15) is 5.75 Å². The standard InChI is InChI=1S/C36H27N3O2S/c1-41-29-18-10-17-26-28(31(37-33(26)29)23-12-4-2-5-13-23)21-30-35(40)39-34(24-14-6-3-7-15-24)27-20-19-22-11-8-9-16-25(22)32(27)38-36(39)42-30/h2-18,21,34,37H,19-20H2,1H3/b30-21+/t34-/m1/s1. The molecule has 0 amide bonds. The molecule has 0 spiro atoms. The Balaban J connectivity index is 1.41. The van der Waals surface area contributed by atoms with E-state index in [1.54, 1.807) is 7.11 Å². The van der Waals surface area contributed by atoms with E-state index in [-0.39, 0.29) is 11.6 Å². The third kappa shape index (κ3) is 3.83. The number of hydrogen-bond donors (Lipinski definition) is 1. The summed E-state index contributed by atoms with van der Waals surface area (Å²) in [7, 11) is 1.68. The Labute approximate surface area is 246 Å². The highest BCUT2D eigenvalue weighted by Gasteiger charge is 2.32. The number of thiazole rings is 1. The molecule has 1 aliphatic heterocycles. The van der Waals surface area contributed by atoms with E-state index in [1.807, 2.05) is 59.2 Å². The number of nitrogens with one attached hydrogen (secondary N) is 1. The molecule has 1 atom stereocenters. The Bertz CT molecular complexity index is 2210. The van der Waals surface area contributed by atoms with Crippen molar-refractivity contribution in [3.63, 3.8) is 0 Å². The van der Waals surface area contributed by atoms with Crippen LogP contribution in [0.1, 0.15) is 34.7 Å². The van der Waals surface area contributed by atoms with Crippen LogP contribution < -0.4 is 19.6 Å². The van der Waals surface area contributed by atoms with Gasteiger partial charge >= 0.3 is 0 Å². The van der Waals surface area contributed by atoms with Crippen LogP contribution >= 0.6 is 11.3 Å². The van der Waals surface area contributed by atoms with Gasteiger partial charge in [-0.15, -0.1) is 0 Å². The third-order valence-corrected chi connectivity index (χ3v) is 9.36. The van der Waals surface area contributed by atoms with Crippen LogP contribution in [0.4, 0.5) is 0 Å². The SMILES string of the molecule is COc1cccc2c(/C=c3/sc4n(c3=O)[C@H](c3ccccc3)C3=C(N=4)c4ccccc4CC3)c(-c3ccccc3)[nH]c12. The van der Waals surface area contributed by atoms with Crippen LogP contribution in [-0.2, 0) is 6.42 Å². The minimum atomic E-state index is -0.190. The Hall–Kier alpha value is -4.94. The summed E-state index contributed by atoms with van der Waals surface area (Å²) >= 11 is 1.46.